The number of rotatable bonds is 3. The summed E-state index contributed by atoms with van der Waals surface area (Å²) < 4.78 is 28.7. The van der Waals surface area contributed by atoms with Crippen LogP contribution in [0.15, 0.2) is 53.9 Å². The number of hydrogen-bond donors (Lipinski definition) is 1. The van der Waals surface area contributed by atoms with Crippen molar-refractivity contribution in [3.8, 4) is 0 Å². The minimum absolute atomic E-state index is 0.126. The molecule has 2 aromatic heterocycles. The summed E-state index contributed by atoms with van der Waals surface area (Å²) in [5.74, 6) is 0. The van der Waals surface area contributed by atoms with E-state index in [1.807, 2.05) is 17.7 Å². The third-order valence-electron chi connectivity index (χ3n) is 2.92. The number of benzene rings is 1. The Hall–Kier alpha value is -2.41. The molecule has 1 N–H and O–H groups in total. The Morgan fingerprint density at radius 1 is 1.25 bits per heavy atom. The van der Waals surface area contributed by atoms with Crippen molar-refractivity contribution in [3.05, 3.63) is 49.1 Å². The van der Waals surface area contributed by atoms with E-state index in [0.29, 0.717) is 5.69 Å². The number of aromatic nitrogens is 3. The highest BCUT2D eigenvalue weighted by molar-refractivity contribution is 7.92. The number of nitrogens with one attached hydrogen (secondary N) is 1. The van der Waals surface area contributed by atoms with Crippen molar-refractivity contribution in [3.63, 3.8) is 0 Å². The molecule has 6 nitrogen and oxygen atoms in total. The lowest BCUT2D eigenvalue weighted by atomic mass is 10.3. The van der Waals surface area contributed by atoms with E-state index in [-0.39, 0.29) is 4.90 Å². The summed E-state index contributed by atoms with van der Waals surface area (Å²) in [6, 6.07) is 8.30. The average molecular weight is 288 g/mol. The van der Waals surface area contributed by atoms with E-state index in [1.165, 1.54) is 18.5 Å². The van der Waals surface area contributed by atoms with Crippen LogP contribution < -0.4 is 4.72 Å². The van der Waals surface area contributed by atoms with Gasteiger partial charge in [0.15, 0.2) is 0 Å². The normalized spacial score (nSPS) is 11.7. The van der Waals surface area contributed by atoms with Gasteiger partial charge in [0, 0.05) is 19.4 Å². The van der Waals surface area contributed by atoms with E-state index in [0.717, 1.165) is 11.0 Å². The van der Waals surface area contributed by atoms with Gasteiger partial charge < -0.3 is 4.57 Å². The van der Waals surface area contributed by atoms with Gasteiger partial charge in [-0.05, 0) is 30.3 Å². The summed E-state index contributed by atoms with van der Waals surface area (Å²) >= 11 is 0. The molecule has 0 bridgehead atoms. The largest absolute Gasteiger partial charge is 0.334 e. The molecule has 7 heteroatoms. The molecule has 2 heterocycles. The average Bonchev–Trinajstić information content (AvgIpc) is 2.80. The van der Waals surface area contributed by atoms with Gasteiger partial charge in [-0.2, -0.15) is 0 Å². The Morgan fingerprint density at radius 3 is 2.85 bits per heavy atom. The van der Waals surface area contributed by atoms with E-state index in [9.17, 15) is 8.42 Å². The summed E-state index contributed by atoms with van der Waals surface area (Å²) in [5, 5.41) is 0. The van der Waals surface area contributed by atoms with E-state index in [1.54, 1.807) is 24.5 Å². The molecule has 0 unspecified atom stereocenters. The maximum absolute atomic E-state index is 12.2. The summed E-state index contributed by atoms with van der Waals surface area (Å²) in [4.78, 5) is 8.13. The fraction of sp³-hybridized carbons (Fsp3) is 0.0769. The van der Waals surface area contributed by atoms with Crippen LogP contribution in [0.1, 0.15) is 0 Å². The predicted molar refractivity (Wildman–Crippen MR) is 75.8 cm³/mol. The third-order valence-corrected chi connectivity index (χ3v) is 4.29. The number of pyridine rings is 1. The van der Waals surface area contributed by atoms with E-state index < -0.39 is 10.0 Å². The Morgan fingerprint density at radius 2 is 2.10 bits per heavy atom. The molecule has 0 saturated carbocycles. The number of hydrogen-bond acceptors (Lipinski definition) is 4. The van der Waals surface area contributed by atoms with Crippen LogP contribution in [0.2, 0.25) is 0 Å². The molecule has 3 aromatic rings. The maximum atomic E-state index is 12.2. The molecule has 0 radical (unpaired) electrons. The zero-order valence-corrected chi connectivity index (χ0v) is 11.5. The highest BCUT2D eigenvalue weighted by Gasteiger charge is 2.14. The molecule has 102 valence electrons. The van der Waals surface area contributed by atoms with Crippen LogP contribution >= 0.6 is 0 Å². The Balaban J connectivity index is 1.97. The molecular formula is C13H12N4O2S. The van der Waals surface area contributed by atoms with Gasteiger partial charge in [0.25, 0.3) is 10.0 Å². The van der Waals surface area contributed by atoms with Gasteiger partial charge in [0.1, 0.15) is 4.90 Å². The molecule has 0 aliphatic heterocycles. The Kier molecular flexibility index (Phi) is 2.90. The smallest absolute Gasteiger partial charge is 0.263 e. The lowest BCUT2D eigenvalue weighted by Crippen LogP contribution is -2.13. The number of sulfonamides is 1. The van der Waals surface area contributed by atoms with Gasteiger partial charge in [-0.25, -0.2) is 13.4 Å². The van der Waals surface area contributed by atoms with Crippen LogP contribution in [0.4, 0.5) is 5.69 Å². The number of anilines is 1. The summed E-state index contributed by atoms with van der Waals surface area (Å²) in [6.07, 6.45) is 4.52. The molecule has 0 amide bonds. The first-order chi connectivity index (χ1) is 9.56. The molecule has 1 aromatic carbocycles. The lowest BCUT2D eigenvalue weighted by molar-refractivity contribution is 0.601. The van der Waals surface area contributed by atoms with Crippen molar-refractivity contribution in [1.29, 1.82) is 0 Å². The van der Waals surface area contributed by atoms with Crippen molar-refractivity contribution < 1.29 is 8.42 Å². The van der Waals surface area contributed by atoms with Gasteiger partial charge in [0.2, 0.25) is 0 Å². The Labute approximate surface area is 116 Å². The minimum Gasteiger partial charge on any atom is -0.334 e. The second-order valence-electron chi connectivity index (χ2n) is 4.35. The predicted octanol–water partition coefficient (Wildman–Crippen LogP) is 1.77. The number of imidazole rings is 1. The molecular weight excluding hydrogens is 276 g/mol. The first kappa shape index (κ1) is 12.6. The molecule has 0 spiro atoms. The quantitative estimate of drug-likeness (QED) is 0.797. The summed E-state index contributed by atoms with van der Waals surface area (Å²) in [7, 11) is -1.74. The van der Waals surface area contributed by atoms with Crippen LogP contribution in [0.3, 0.4) is 0 Å². The molecule has 0 atom stereocenters. The van der Waals surface area contributed by atoms with E-state index in [2.05, 4.69) is 14.7 Å². The van der Waals surface area contributed by atoms with E-state index in [4.69, 9.17) is 0 Å². The fourth-order valence-corrected chi connectivity index (χ4v) is 2.93. The molecule has 0 aliphatic carbocycles. The first-order valence-electron chi connectivity index (χ1n) is 5.90. The van der Waals surface area contributed by atoms with Gasteiger partial charge in [-0.1, -0.05) is 0 Å². The summed E-state index contributed by atoms with van der Waals surface area (Å²) in [6.45, 7) is 0. The van der Waals surface area contributed by atoms with Crippen molar-refractivity contribution in [2.75, 3.05) is 4.72 Å². The van der Waals surface area contributed by atoms with E-state index >= 15 is 0 Å². The second kappa shape index (κ2) is 4.61. The van der Waals surface area contributed by atoms with Gasteiger partial charge >= 0.3 is 0 Å². The topological polar surface area (TPSA) is 76.9 Å². The molecule has 3 rings (SSSR count). The third kappa shape index (κ3) is 2.23. The van der Waals surface area contributed by atoms with Crippen molar-refractivity contribution >= 4 is 26.7 Å². The zero-order chi connectivity index (χ0) is 14.2. The monoisotopic (exact) mass is 288 g/mol. The zero-order valence-electron chi connectivity index (χ0n) is 10.7. The van der Waals surface area contributed by atoms with Crippen molar-refractivity contribution in [2.24, 2.45) is 7.05 Å². The van der Waals surface area contributed by atoms with Crippen LogP contribution in [0, 0.1) is 0 Å². The molecule has 0 fully saturated rings. The SMILES string of the molecule is Cn1cnc2cc(NS(=O)(=O)c3cccnc3)ccc21. The molecule has 20 heavy (non-hydrogen) atoms. The van der Waals surface area contributed by atoms with Crippen molar-refractivity contribution in [2.45, 2.75) is 4.90 Å². The Bertz CT molecular complexity index is 856. The van der Waals surface area contributed by atoms with Crippen LogP contribution in [0.25, 0.3) is 11.0 Å². The highest BCUT2D eigenvalue weighted by Crippen LogP contribution is 2.20. The molecule has 0 aliphatic rings. The van der Waals surface area contributed by atoms with Gasteiger partial charge in [-0.15, -0.1) is 0 Å². The first-order valence-corrected chi connectivity index (χ1v) is 7.38. The second-order valence-corrected chi connectivity index (χ2v) is 6.04. The fourth-order valence-electron chi connectivity index (χ4n) is 1.92. The van der Waals surface area contributed by atoms with Crippen molar-refractivity contribution in [1.82, 2.24) is 14.5 Å². The van der Waals surface area contributed by atoms with Crippen LogP contribution in [0.5, 0.6) is 0 Å². The number of aryl methyl sites for hydroxylation is 1. The van der Waals surface area contributed by atoms with Crippen LogP contribution in [-0.2, 0) is 17.1 Å². The lowest BCUT2D eigenvalue weighted by Gasteiger charge is -2.07. The standard InChI is InChI=1S/C13H12N4O2S/c1-17-9-15-12-7-10(4-5-13(12)17)16-20(18,19)11-3-2-6-14-8-11/h2-9,16H,1H3. The maximum Gasteiger partial charge on any atom is 0.263 e. The van der Waals surface area contributed by atoms with Gasteiger partial charge in [-0.3, -0.25) is 9.71 Å². The summed E-state index contributed by atoms with van der Waals surface area (Å²) in [5.41, 5.74) is 2.15. The molecule has 0 saturated heterocycles. The van der Waals surface area contributed by atoms with Crippen LogP contribution in [-0.4, -0.2) is 23.0 Å². The van der Waals surface area contributed by atoms with Gasteiger partial charge in [0.05, 0.1) is 23.0 Å². The number of nitrogens with zero attached hydrogens (tertiary/aromatic N) is 3. The minimum atomic E-state index is -3.62. The highest BCUT2D eigenvalue weighted by atomic mass is 32.2. The number of fused-ring (bicyclic) bond motifs is 1.